The molecule has 1 saturated heterocycles. The van der Waals surface area contributed by atoms with Crippen molar-refractivity contribution in [2.45, 2.75) is 45.1 Å². The van der Waals surface area contributed by atoms with Crippen LogP contribution in [-0.4, -0.2) is 66.4 Å². The van der Waals surface area contributed by atoms with E-state index in [-0.39, 0.29) is 18.4 Å². The molecule has 0 unspecified atom stereocenters. The van der Waals surface area contributed by atoms with Crippen LogP contribution in [0.25, 0.3) is 0 Å². The molecule has 8 nitrogen and oxygen atoms in total. The molecule has 0 bridgehead atoms. The molecule has 8 heteroatoms. The first-order chi connectivity index (χ1) is 10.1. The van der Waals surface area contributed by atoms with Crippen molar-refractivity contribution in [3.8, 4) is 0 Å². The molecule has 0 aromatic carbocycles. The Morgan fingerprint density at radius 1 is 1.32 bits per heavy atom. The maximum absolute atomic E-state index is 12.0. The van der Waals surface area contributed by atoms with Gasteiger partial charge < -0.3 is 24.8 Å². The molecule has 1 aliphatic heterocycles. The molecule has 0 spiro atoms. The number of amides is 2. The van der Waals surface area contributed by atoms with Gasteiger partial charge in [-0.2, -0.15) is 0 Å². The number of hydrogen-bond acceptors (Lipinski definition) is 5. The van der Waals surface area contributed by atoms with Gasteiger partial charge in [-0.25, -0.2) is 4.79 Å². The average molecular weight is 316 g/mol. The van der Waals surface area contributed by atoms with Crippen LogP contribution < -0.4 is 5.32 Å². The maximum Gasteiger partial charge on any atom is 0.336 e. The van der Waals surface area contributed by atoms with E-state index in [9.17, 15) is 14.4 Å². The van der Waals surface area contributed by atoms with Crippen LogP contribution in [0.2, 0.25) is 0 Å². The summed E-state index contributed by atoms with van der Waals surface area (Å²) in [7, 11) is 3.22. The van der Waals surface area contributed by atoms with Gasteiger partial charge in [0.15, 0.2) is 12.2 Å². The van der Waals surface area contributed by atoms with E-state index in [0.717, 1.165) is 0 Å². The number of nitrogens with one attached hydrogen (secondary N) is 1. The standard InChI is InChI=1S/C14H24N2O6/c1-8(2)6-14(3,21-7-9(17)16(4)5)15-12(18)10-11(22-10)13(19)20/h8,10-11H,6-7H2,1-5H3,(H,15,18)(H,19,20)/t10-,11-,14-/m0/s1. The van der Waals surface area contributed by atoms with Crippen molar-refractivity contribution in [2.24, 2.45) is 5.92 Å². The van der Waals surface area contributed by atoms with Gasteiger partial charge in [-0.05, 0) is 19.3 Å². The summed E-state index contributed by atoms with van der Waals surface area (Å²) in [4.78, 5) is 35.8. The predicted octanol–water partition coefficient (Wildman–Crippen LogP) is -0.178. The zero-order valence-corrected chi connectivity index (χ0v) is 13.6. The predicted molar refractivity (Wildman–Crippen MR) is 76.9 cm³/mol. The van der Waals surface area contributed by atoms with Crippen molar-refractivity contribution in [1.82, 2.24) is 10.2 Å². The number of nitrogens with zero attached hydrogens (tertiary/aromatic N) is 1. The van der Waals surface area contributed by atoms with Gasteiger partial charge in [0, 0.05) is 14.1 Å². The minimum Gasteiger partial charge on any atom is -0.479 e. The van der Waals surface area contributed by atoms with E-state index in [4.69, 9.17) is 14.6 Å². The van der Waals surface area contributed by atoms with Crippen LogP contribution in [0.4, 0.5) is 0 Å². The van der Waals surface area contributed by atoms with Crippen molar-refractivity contribution in [3.05, 3.63) is 0 Å². The summed E-state index contributed by atoms with van der Waals surface area (Å²) in [6.07, 6.45) is -1.63. The second kappa shape index (κ2) is 7.06. The highest BCUT2D eigenvalue weighted by molar-refractivity contribution is 5.92. The van der Waals surface area contributed by atoms with Crippen molar-refractivity contribution in [2.75, 3.05) is 20.7 Å². The minimum absolute atomic E-state index is 0.176. The van der Waals surface area contributed by atoms with E-state index in [1.165, 1.54) is 4.90 Å². The highest BCUT2D eigenvalue weighted by atomic mass is 16.6. The lowest BCUT2D eigenvalue weighted by Gasteiger charge is -2.32. The normalized spacial score (nSPS) is 22.8. The highest BCUT2D eigenvalue weighted by Gasteiger charge is 2.52. The van der Waals surface area contributed by atoms with Crippen molar-refractivity contribution in [3.63, 3.8) is 0 Å². The highest BCUT2D eigenvalue weighted by Crippen LogP contribution is 2.25. The quantitative estimate of drug-likeness (QED) is 0.475. The van der Waals surface area contributed by atoms with Crippen LogP contribution in [0.15, 0.2) is 0 Å². The second-order valence-corrected chi connectivity index (χ2v) is 6.21. The first kappa shape index (κ1) is 18.4. The third-order valence-electron chi connectivity index (χ3n) is 3.19. The molecular formula is C14H24N2O6. The first-order valence-corrected chi connectivity index (χ1v) is 7.10. The van der Waals surface area contributed by atoms with Crippen LogP contribution >= 0.6 is 0 Å². The van der Waals surface area contributed by atoms with E-state index in [1.807, 2.05) is 13.8 Å². The van der Waals surface area contributed by atoms with Crippen molar-refractivity contribution >= 4 is 17.8 Å². The minimum atomic E-state index is -1.17. The average Bonchev–Trinajstić information content (AvgIpc) is 3.14. The number of likely N-dealkylation sites (N-methyl/N-ethyl adjacent to an activating group) is 1. The molecule has 3 atom stereocenters. The zero-order valence-electron chi connectivity index (χ0n) is 13.6. The number of aliphatic carboxylic acids is 1. The molecule has 0 saturated carbocycles. The Morgan fingerprint density at radius 3 is 2.32 bits per heavy atom. The Kier molecular flexibility index (Phi) is 5.90. The van der Waals surface area contributed by atoms with E-state index in [0.29, 0.717) is 6.42 Å². The van der Waals surface area contributed by atoms with Crippen LogP contribution in [0, 0.1) is 5.92 Å². The summed E-state index contributed by atoms with van der Waals surface area (Å²) in [6.45, 7) is 5.39. The summed E-state index contributed by atoms with van der Waals surface area (Å²) in [5.41, 5.74) is -1.06. The maximum atomic E-state index is 12.0. The SMILES string of the molecule is CC(C)C[C@@](C)(NC(=O)[C@H]1O[C@@H]1C(=O)O)OCC(=O)N(C)C. The summed E-state index contributed by atoms with van der Waals surface area (Å²) >= 11 is 0. The number of carboxylic acid groups (broad SMARTS) is 1. The third kappa shape index (κ3) is 5.27. The molecule has 2 N–H and O–H groups in total. The fourth-order valence-electron chi connectivity index (χ4n) is 2.11. The molecule has 22 heavy (non-hydrogen) atoms. The van der Waals surface area contributed by atoms with E-state index in [2.05, 4.69) is 5.32 Å². The fourth-order valence-corrected chi connectivity index (χ4v) is 2.11. The number of carboxylic acids is 1. The molecule has 1 aliphatic rings. The van der Waals surface area contributed by atoms with E-state index >= 15 is 0 Å². The third-order valence-corrected chi connectivity index (χ3v) is 3.19. The molecule has 1 rings (SSSR count). The molecule has 0 aromatic rings. The fraction of sp³-hybridized carbons (Fsp3) is 0.786. The number of rotatable bonds is 8. The van der Waals surface area contributed by atoms with Gasteiger partial charge in [0.25, 0.3) is 5.91 Å². The van der Waals surface area contributed by atoms with Crippen LogP contribution in [-0.2, 0) is 23.9 Å². The lowest BCUT2D eigenvalue weighted by Crippen LogP contribution is -2.52. The largest absolute Gasteiger partial charge is 0.479 e. The van der Waals surface area contributed by atoms with E-state index in [1.54, 1.807) is 21.0 Å². The zero-order chi connectivity index (χ0) is 17.1. The van der Waals surface area contributed by atoms with Crippen LogP contribution in [0.3, 0.4) is 0 Å². The Hall–Kier alpha value is -1.67. The van der Waals surface area contributed by atoms with Gasteiger partial charge in [0.2, 0.25) is 5.91 Å². The van der Waals surface area contributed by atoms with E-state index < -0.39 is 29.8 Å². The molecule has 1 heterocycles. The van der Waals surface area contributed by atoms with Gasteiger partial charge >= 0.3 is 5.97 Å². The monoisotopic (exact) mass is 316 g/mol. The van der Waals surface area contributed by atoms with Crippen molar-refractivity contribution < 1.29 is 29.0 Å². The Balaban J connectivity index is 2.65. The molecule has 0 aromatic heterocycles. The van der Waals surface area contributed by atoms with Crippen molar-refractivity contribution in [1.29, 1.82) is 0 Å². The molecule has 126 valence electrons. The lowest BCUT2D eigenvalue weighted by molar-refractivity contribution is -0.150. The first-order valence-electron chi connectivity index (χ1n) is 7.10. The summed E-state index contributed by atoms with van der Waals surface area (Å²) in [6, 6.07) is 0. The molecule has 0 aliphatic carbocycles. The molecule has 0 radical (unpaired) electrons. The molecule has 2 amide bonds. The topological polar surface area (TPSA) is 108 Å². The van der Waals surface area contributed by atoms with Gasteiger partial charge in [0.05, 0.1) is 0 Å². The smallest absolute Gasteiger partial charge is 0.336 e. The Bertz CT molecular complexity index is 451. The molecular weight excluding hydrogens is 292 g/mol. The number of ether oxygens (including phenoxy) is 2. The van der Waals surface area contributed by atoms with Crippen LogP contribution in [0.5, 0.6) is 0 Å². The number of carbonyl (C=O) groups is 3. The number of hydrogen-bond donors (Lipinski definition) is 2. The lowest BCUT2D eigenvalue weighted by atomic mass is 10.0. The Labute approximate surface area is 129 Å². The summed E-state index contributed by atoms with van der Waals surface area (Å²) in [5, 5.41) is 11.4. The van der Waals surface area contributed by atoms with Gasteiger partial charge in [-0.15, -0.1) is 0 Å². The van der Waals surface area contributed by atoms with Gasteiger partial charge in [0.1, 0.15) is 12.3 Å². The molecule has 1 fully saturated rings. The summed E-state index contributed by atoms with van der Waals surface area (Å²) in [5.74, 6) is -1.74. The summed E-state index contributed by atoms with van der Waals surface area (Å²) < 4.78 is 10.4. The Morgan fingerprint density at radius 2 is 1.91 bits per heavy atom. The van der Waals surface area contributed by atoms with Gasteiger partial charge in [-0.3, -0.25) is 9.59 Å². The van der Waals surface area contributed by atoms with Gasteiger partial charge in [-0.1, -0.05) is 13.8 Å². The number of carbonyl (C=O) groups excluding carboxylic acids is 2. The second-order valence-electron chi connectivity index (χ2n) is 6.21. The number of epoxide rings is 1. The van der Waals surface area contributed by atoms with Crippen LogP contribution in [0.1, 0.15) is 27.2 Å².